The summed E-state index contributed by atoms with van der Waals surface area (Å²) in [5, 5.41) is 2.97. The maximum absolute atomic E-state index is 13.5. The molecule has 2 aliphatic rings. The van der Waals surface area contributed by atoms with Crippen molar-refractivity contribution in [1.29, 1.82) is 0 Å². The summed E-state index contributed by atoms with van der Waals surface area (Å²) in [6.45, 7) is 1.13. The molecule has 0 spiro atoms. The molecule has 3 heterocycles. The number of halogens is 2. The van der Waals surface area contributed by atoms with E-state index in [1.807, 2.05) is 4.57 Å². The first-order chi connectivity index (χ1) is 11.1. The van der Waals surface area contributed by atoms with E-state index in [0.717, 1.165) is 37.2 Å². The lowest BCUT2D eigenvalue weighted by molar-refractivity contribution is 0.0919. The van der Waals surface area contributed by atoms with Gasteiger partial charge in [-0.25, -0.2) is 9.37 Å². The van der Waals surface area contributed by atoms with Gasteiger partial charge in [0.15, 0.2) is 0 Å². The number of hydrogen-bond donors (Lipinski definition) is 1. The lowest BCUT2D eigenvalue weighted by atomic mass is 10.1. The predicted molar refractivity (Wildman–Crippen MR) is 85.0 cm³/mol. The quantitative estimate of drug-likeness (QED) is 0.872. The van der Waals surface area contributed by atoms with Crippen molar-refractivity contribution in [3.63, 3.8) is 0 Å². The molecule has 4 rings (SSSR count). The fourth-order valence-corrected chi connectivity index (χ4v) is 3.51. The maximum atomic E-state index is 13.5. The van der Waals surface area contributed by atoms with Crippen LogP contribution >= 0.6 is 15.9 Å². The molecule has 0 saturated heterocycles. The highest BCUT2D eigenvalue weighted by Gasteiger charge is 2.29. The summed E-state index contributed by atoms with van der Waals surface area (Å²) in [6.07, 6.45) is 4.72. The molecule has 2 aliphatic heterocycles. The Morgan fingerprint density at radius 2 is 2.30 bits per heavy atom. The number of imidazole rings is 1. The van der Waals surface area contributed by atoms with Crippen LogP contribution in [0.15, 0.2) is 22.8 Å². The molecule has 23 heavy (non-hydrogen) atoms. The number of amides is 1. The third-order valence-corrected chi connectivity index (χ3v) is 4.95. The number of aryl methyl sites for hydroxylation is 1. The van der Waals surface area contributed by atoms with Gasteiger partial charge >= 0.3 is 0 Å². The van der Waals surface area contributed by atoms with Crippen molar-refractivity contribution in [2.24, 2.45) is 0 Å². The van der Waals surface area contributed by atoms with Crippen LogP contribution in [0.5, 0.6) is 5.75 Å². The summed E-state index contributed by atoms with van der Waals surface area (Å²) in [4.78, 5) is 16.9. The van der Waals surface area contributed by atoms with E-state index in [-0.39, 0.29) is 17.8 Å². The molecular formula is C16H15BrFN3O2. The van der Waals surface area contributed by atoms with Gasteiger partial charge in [-0.15, -0.1) is 0 Å². The summed E-state index contributed by atoms with van der Waals surface area (Å²) in [7, 11) is 0. The van der Waals surface area contributed by atoms with Gasteiger partial charge in [0, 0.05) is 24.6 Å². The molecule has 1 N–H and O–H groups in total. The van der Waals surface area contributed by atoms with E-state index in [1.54, 1.807) is 12.3 Å². The van der Waals surface area contributed by atoms with Crippen molar-refractivity contribution in [2.45, 2.75) is 31.8 Å². The Morgan fingerprint density at radius 3 is 3.17 bits per heavy atom. The van der Waals surface area contributed by atoms with E-state index >= 15 is 0 Å². The Kier molecular flexibility index (Phi) is 3.60. The summed E-state index contributed by atoms with van der Waals surface area (Å²) in [5.41, 5.74) is 1.36. The van der Waals surface area contributed by atoms with Gasteiger partial charge in [-0.05, 0) is 34.8 Å². The van der Waals surface area contributed by atoms with Crippen molar-refractivity contribution < 1.29 is 13.9 Å². The summed E-state index contributed by atoms with van der Waals surface area (Å²) >= 11 is 3.17. The molecule has 0 saturated carbocycles. The monoisotopic (exact) mass is 379 g/mol. The van der Waals surface area contributed by atoms with E-state index in [9.17, 15) is 9.18 Å². The number of nitrogens with zero attached hydrogens (tertiary/aromatic N) is 2. The summed E-state index contributed by atoms with van der Waals surface area (Å²) < 4.78 is 21.4. The lowest BCUT2D eigenvalue weighted by Gasteiger charge is -2.17. The first-order valence-electron chi connectivity index (χ1n) is 7.60. The molecule has 120 valence electrons. The standard InChI is InChI=1S/C16H15BrFN3O2/c17-10-5-9-12(8-23-14(9)6-11(10)18)20-16(22)13-7-19-15-3-1-2-4-21(13)15/h5-7,12H,1-4,8H2,(H,20,22). The van der Waals surface area contributed by atoms with Gasteiger partial charge in [-0.3, -0.25) is 4.79 Å². The van der Waals surface area contributed by atoms with E-state index in [2.05, 4.69) is 26.2 Å². The molecule has 1 unspecified atom stereocenters. The zero-order valence-corrected chi connectivity index (χ0v) is 13.9. The Bertz CT molecular complexity index is 790. The van der Waals surface area contributed by atoms with Gasteiger partial charge < -0.3 is 14.6 Å². The molecule has 7 heteroatoms. The minimum Gasteiger partial charge on any atom is -0.491 e. The molecule has 1 amide bonds. The molecule has 5 nitrogen and oxygen atoms in total. The molecule has 0 aliphatic carbocycles. The second kappa shape index (κ2) is 5.63. The topological polar surface area (TPSA) is 56.1 Å². The van der Waals surface area contributed by atoms with Crippen LogP contribution in [-0.2, 0) is 13.0 Å². The number of fused-ring (bicyclic) bond motifs is 2. The highest BCUT2D eigenvalue weighted by atomic mass is 79.9. The number of benzene rings is 1. The fourth-order valence-electron chi connectivity index (χ4n) is 3.15. The number of carbonyl (C=O) groups is 1. The van der Waals surface area contributed by atoms with Crippen LogP contribution in [0.4, 0.5) is 4.39 Å². The van der Waals surface area contributed by atoms with Gasteiger partial charge in [-0.1, -0.05) is 0 Å². The SMILES string of the molecule is O=C(NC1COc2cc(F)c(Br)cc21)c1cnc2n1CCCC2. The van der Waals surface area contributed by atoms with Crippen LogP contribution in [0.25, 0.3) is 0 Å². The highest BCUT2D eigenvalue weighted by molar-refractivity contribution is 9.10. The molecule has 1 aromatic heterocycles. The van der Waals surface area contributed by atoms with E-state index in [1.165, 1.54) is 6.07 Å². The average Bonchev–Trinajstić information content (AvgIpc) is 3.13. The molecule has 0 radical (unpaired) electrons. The van der Waals surface area contributed by atoms with Crippen molar-refractivity contribution in [3.8, 4) is 5.75 Å². The number of ether oxygens (including phenoxy) is 1. The van der Waals surface area contributed by atoms with Gasteiger partial charge in [0.25, 0.3) is 5.91 Å². The van der Waals surface area contributed by atoms with Crippen molar-refractivity contribution >= 4 is 21.8 Å². The minimum absolute atomic E-state index is 0.174. The van der Waals surface area contributed by atoms with Gasteiger partial charge in [0.2, 0.25) is 0 Å². The summed E-state index contributed by atoms with van der Waals surface area (Å²) in [6, 6.07) is 2.71. The van der Waals surface area contributed by atoms with Gasteiger partial charge in [-0.2, -0.15) is 0 Å². The van der Waals surface area contributed by atoms with E-state index in [4.69, 9.17) is 4.74 Å². The number of rotatable bonds is 2. The van der Waals surface area contributed by atoms with E-state index in [0.29, 0.717) is 22.5 Å². The molecule has 1 atom stereocenters. The molecular weight excluding hydrogens is 365 g/mol. The second-order valence-electron chi connectivity index (χ2n) is 5.81. The van der Waals surface area contributed by atoms with Crippen molar-refractivity contribution in [1.82, 2.24) is 14.9 Å². The highest BCUT2D eigenvalue weighted by Crippen LogP contribution is 2.36. The fraction of sp³-hybridized carbons (Fsp3) is 0.375. The molecule has 1 aromatic carbocycles. The third kappa shape index (κ3) is 2.52. The van der Waals surface area contributed by atoms with Crippen molar-refractivity contribution in [3.05, 3.63) is 45.7 Å². The number of hydrogen-bond acceptors (Lipinski definition) is 3. The van der Waals surface area contributed by atoms with Crippen LogP contribution in [0.2, 0.25) is 0 Å². The number of carbonyl (C=O) groups excluding carboxylic acids is 1. The van der Waals surface area contributed by atoms with Crippen molar-refractivity contribution in [2.75, 3.05) is 6.61 Å². The minimum atomic E-state index is -0.374. The molecule has 2 aromatic rings. The zero-order chi connectivity index (χ0) is 16.0. The van der Waals surface area contributed by atoms with Crippen LogP contribution in [-0.4, -0.2) is 22.1 Å². The summed E-state index contributed by atoms with van der Waals surface area (Å²) in [5.74, 6) is 0.897. The molecule has 0 bridgehead atoms. The number of nitrogens with one attached hydrogen (secondary N) is 1. The Hall–Kier alpha value is -1.89. The first kappa shape index (κ1) is 14.7. The Morgan fingerprint density at radius 1 is 1.43 bits per heavy atom. The maximum Gasteiger partial charge on any atom is 0.270 e. The van der Waals surface area contributed by atoms with Gasteiger partial charge in [0.1, 0.15) is 29.7 Å². The lowest BCUT2D eigenvalue weighted by Crippen LogP contribution is -2.31. The average molecular weight is 380 g/mol. The third-order valence-electron chi connectivity index (χ3n) is 4.34. The van der Waals surface area contributed by atoms with Crippen LogP contribution < -0.4 is 10.1 Å². The Balaban J connectivity index is 1.57. The second-order valence-corrected chi connectivity index (χ2v) is 6.66. The van der Waals surface area contributed by atoms with Crippen LogP contribution in [0.1, 0.15) is 40.8 Å². The first-order valence-corrected chi connectivity index (χ1v) is 8.40. The largest absolute Gasteiger partial charge is 0.491 e. The molecule has 0 fully saturated rings. The smallest absolute Gasteiger partial charge is 0.270 e. The zero-order valence-electron chi connectivity index (χ0n) is 12.3. The predicted octanol–water partition coefficient (Wildman–Crippen LogP) is 2.98. The number of aromatic nitrogens is 2. The Labute approximate surface area is 141 Å². The van der Waals surface area contributed by atoms with Gasteiger partial charge in [0.05, 0.1) is 16.7 Å². The van der Waals surface area contributed by atoms with Crippen LogP contribution in [0.3, 0.4) is 0 Å². The van der Waals surface area contributed by atoms with E-state index < -0.39 is 0 Å². The normalized spacial score (nSPS) is 19.0. The van der Waals surface area contributed by atoms with Crippen LogP contribution in [0, 0.1) is 5.82 Å².